The van der Waals surface area contributed by atoms with E-state index in [0.717, 1.165) is 17.7 Å². The van der Waals surface area contributed by atoms with Gasteiger partial charge in [0.15, 0.2) is 6.54 Å². The van der Waals surface area contributed by atoms with Crippen LogP contribution in [0.5, 0.6) is 0 Å². The number of nitrogens with zero attached hydrogens (tertiary/aromatic N) is 2. The average Bonchev–Trinajstić information content (AvgIpc) is 3.08. The summed E-state index contributed by atoms with van der Waals surface area (Å²) in [6, 6.07) is 13.5. The Kier molecular flexibility index (Phi) is 5.62. The van der Waals surface area contributed by atoms with Crippen LogP contribution >= 0.6 is 0 Å². The minimum Gasteiger partial charge on any atom is -0.308 e. The van der Waals surface area contributed by atoms with Crippen molar-refractivity contribution in [3.05, 3.63) is 71.9 Å². The zero-order valence-corrected chi connectivity index (χ0v) is 14.9. The molecule has 0 saturated carbocycles. The van der Waals surface area contributed by atoms with Gasteiger partial charge in [-0.15, -0.1) is 0 Å². The number of halogens is 3. The van der Waals surface area contributed by atoms with E-state index in [9.17, 15) is 18.0 Å². The maximum Gasteiger partial charge on any atom is 0.416 e. The maximum absolute atomic E-state index is 12.7. The second kappa shape index (κ2) is 8.12. The first-order chi connectivity index (χ1) is 13.3. The first-order valence-corrected chi connectivity index (χ1v) is 8.48. The number of benzene rings is 2. The van der Waals surface area contributed by atoms with Gasteiger partial charge >= 0.3 is 18.1 Å². The summed E-state index contributed by atoms with van der Waals surface area (Å²) in [7, 11) is 0. The van der Waals surface area contributed by atoms with E-state index in [4.69, 9.17) is 4.52 Å². The lowest BCUT2D eigenvalue weighted by Crippen LogP contribution is -2.37. The van der Waals surface area contributed by atoms with Gasteiger partial charge in [0.25, 0.3) is 6.20 Å². The van der Waals surface area contributed by atoms with Gasteiger partial charge in [-0.25, -0.2) is 4.79 Å². The molecule has 9 heteroatoms. The quantitative estimate of drug-likeness (QED) is 0.632. The Bertz CT molecular complexity index is 942. The Labute approximate surface area is 158 Å². The van der Waals surface area contributed by atoms with Crippen molar-refractivity contribution in [3.8, 4) is 0 Å². The Balaban J connectivity index is 1.58. The number of rotatable bonds is 5. The van der Waals surface area contributed by atoms with Gasteiger partial charge in [0.1, 0.15) is 0 Å². The number of alkyl halides is 3. The van der Waals surface area contributed by atoms with Crippen molar-refractivity contribution in [3.63, 3.8) is 0 Å². The molecule has 0 aliphatic carbocycles. The molecule has 0 aliphatic rings. The third-order valence-corrected chi connectivity index (χ3v) is 4.02. The lowest BCUT2D eigenvalue weighted by atomic mass is 10.0. The molecule has 0 aliphatic heterocycles. The van der Waals surface area contributed by atoms with Crippen molar-refractivity contribution >= 4 is 17.6 Å². The van der Waals surface area contributed by atoms with Crippen LogP contribution in [0.1, 0.15) is 24.0 Å². The Morgan fingerprint density at radius 2 is 1.89 bits per heavy atom. The van der Waals surface area contributed by atoms with E-state index in [-0.39, 0.29) is 17.5 Å². The number of carbonyl (C=O) groups excluding carboxylic acids is 1. The summed E-state index contributed by atoms with van der Waals surface area (Å²) >= 11 is 0. The molecular weight excluding hydrogens is 373 g/mol. The van der Waals surface area contributed by atoms with Gasteiger partial charge in [0.2, 0.25) is 5.27 Å². The molecule has 28 heavy (non-hydrogen) atoms. The van der Waals surface area contributed by atoms with Crippen LogP contribution in [0.4, 0.5) is 29.5 Å². The number of anilines is 2. The minimum atomic E-state index is -4.49. The largest absolute Gasteiger partial charge is 0.416 e. The SMILES string of the molecule is CC(C[n+]1cc(NC(=O)Nc2cccc(C(F)(F)F)c2)on1)c1ccccc1. The number of nitrogens with one attached hydrogen (secondary N) is 2. The molecule has 2 N–H and O–H groups in total. The molecule has 1 atom stereocenters. The zero-order chi connectivity index (χ0) is 20.1. The summed E-state index contributed by atoms with van der Waals surface area (Å²) in [6.45, 7) is 2.56. The van der Waals surface area contributed by atoms with Crippen molar-refractivity contribution in [2.45, 2.75) is 25.6 Å². The highest BCUT2D eigenvalue weighted by Gasteiger charge is 2.30. The van der Waals surface area contributed by atoms with Gasteiger partial charge in [0.05, 0.1) is 5.56 Å². The van der Waals surface area contributed by atoms with Gasteiger partial charge < -0.3 is 5.32 Å². The second-order valence-electron chi connectivity index (χ2n) is 6.26. The molecule has 1 unspecified atom stereocenters. The molecule has 3 aromatic rings. The van der Waals surface area contributed by atoms with Crippen molar-refractivity contribution in [2.75, 3.05) is 10.6 Å². The lowest BCUT2D eigenvalue weighted by Gasteiger charge is -2.09. The summed E-state index contributed by atoms with van der Waals surface area (Å²) in [4.78, 5) is 12.0. The molecule has 3 rings (SSSR count). The minimum absolute atomic E-state index is 0.0115. The average molecular weight is 391 g/mol. The second-order valence-corrected chi connectivity index (χ2v) is 6.26. The van der Waals surface area contributed by atoms with Crippen LogP contribution in [0, 0.1) is 0 Å². The molecule has 1 heterocycles. The predicted molar refractivity (Wildman–Crippen MR) is 95.6 cm³/mol. The molecule has 2 amide bonds. The van der Waals surface area contributed by atoms with Gasteiger partial charge in [-0.3, -0.25) is 9.84 Å². The van der Waals surface area contributed by atoms with E-state index >= 15 is 0 Å². The molecule has 0 saturated heterocycles. The smallest absolute Gasteiger partial charge is 0.308 e. The third-order valence-electron chi connectivity index (χ3n) is 4.02. The summed E-state index contributed by atoms with van der Waals surface area (Å²) in [5.74, 6) is 0.243. The maximum atomic E-state index is 12.7. The van der Waals surface area contributed by atoms with Crippen molar-refractivity contribution < 1.29 is 27.2 Å². The van der Waals surface area contributed by atoms with Crippen molar-refractivity contribution in [2.24, 2.45) is 0 Å². The van der Waals surface area contributed by atoms with E-state index in [0.29, 0.717) is 6.54 Å². The Morgan fingerprint density at radius 1 is 1.14 bits per heavy atom. The summed E-state index contributed by atoms with van der Waals surface area (Å²) in [5, 5.41) is 8.57. The number of aromatic nitrogens is 2. The molecule has 0 radical (unpaired) electrons. The van der Waals surface area contributed by atoms with Gasteiger partial charge in [-0.05, 0) is 28.4 Å². The normalized spacial score (nSPS) is 12.4. The fraction of sp³-hybridized carbons (Fsp3) is 0.211. The fourth-order valence-electron chi connectivity index (χ4n) is 2.64. The van der Waals surface area contributed by atoms with E-state index in [1.165, 1.54) is 23.0 Å². The number of carbonyl (C=O) groups is 1. The number of urea groups is 1. The molecular formula is C19H18F3N4O2+. The zero-order valence-electron chi connectivity index (χ0n) is 14.9. The Morgan fingerprint density at radius 3 is 2.61 bits per heavy atom. The lowest BCUT2D eigenvalue weighted by molar-refractivity contribution is -0.764. The van der Waals surface area contributed by atoms with Crippen LogP contribution in [-0.4, -0.2) is 11.3 Å². The van der Waals surface area contributed by atoms with Crippen LogP contribution in [0.25, 0.3) is 0 Å². The van der Waals surface area contributed by atoms with Crippen LogP contribution in [0.3, 0.4) is 0 Å². The highest BCUT2D eigenvalue weighted by Crippen LogP contribution is 2.30. The Hall–Kier alpha value is -3.36. The predicted octanol–water partition coefficient (Wildman–Crippen LogP) is 4.43. The van der Waals surface area contributed by atoms with Crippen LogP contribution in [-0.2, 0) is 12.7 Å². The number of hydrogen-bond donors (Lipinski definition) is 2. The third kappa shape index (κ3) is 5.09. The van der Waals surface area contributed by atoms with Gasteiger partial charge in [-0.1, -0.05) is 43.3 Å². The van der Waals surface area contributed by atoms with Crippen molar-refractivity contribution in [1.82, 2.24) is 5.27 Å². The highest BCUT2D eigenvalue weighted by molar-refractivity contribution is 5.98. The molecule has 0 bridgehead atoms. The highest BCUT2D eigenvalue weighted by atomic mass is 19.4. The van der Waals surface area contributed by atoms with Gasteiger partial charge in [0, 0.05) is 11.6 Å². The molecule has 0 spiro atoms. The van der Waals surface area contributed by atoms with Crippen LogP contribution in [0.2, 0.25) is 0 Å². The van der Waals surface area contributed by atoms with Gasteiger partial charge in [-0.2, -0.15) is 13.2 Å². The molecule has 1 aromatic heterocycles. The summed E-state index contributed by atoms with van der Waals surface area (Å²) in [6.07, 6.45) is -2.98. The summed E-state index contributed by atoms with van der Waals surface area (Å²) < 4.78 is 44.8. The number of hydrogen-bond acceptors (Lipinski definition) is 3. The summed E-state index contributed by atoms with van der Waals surface area (Å²) in [5.41, 5.74) is 0.296. The van der Waals surface area contributed by atoms with Crippen LogP contribution < -0.4 is 15.3 Å². The standard InChI is InChI=1S/C19H17F3N4O2/c1-13(14-6-3-2-4-7-14)11-26-12-17(28-25-26)24-18(27)23-16-9-5-8-15(10-16)19(20,21)22/h2-10,12-13H,11H2,1H3,(H-,23,24,25,27)/p+1. The molecule has 6 nitrogen and oxygen atoms in total. The molecule has 146 valence electrons. The van der Waals surface area contributed by atoms with E-state index < -0.39 is 17.8 Å². The molecule has 2 aromatic carbocycles. The monoisotopic (exact) mass is 391 g/mol. The van der Waals surface area contributed by atoms with E-state index in [2.05, 4.69) is 15.9 Å². The number of amides is 2. The fourth-order valence-corrected chi connectivity index (χ4v) is 2.64. The topological polar surface area (TPSA) is 71.0 Å². The van der Waals surface area contributed by atoms with Crippen LogP contribution in [0.15, 0.2) is 65.3 Å². The van der Waals surface area contributed by atoms with Crippen molar-refractivity contribution in [1.29, 1.82) is 0 Å². The van der Waals surface area contributed by atoms with E-state index in [1.54, 1.807) is 0 Å². The molecule has 0 fully saturated rings. The van der Waals surface area contributed by atoms with E-state index in [1.807, 2.05) is 37.3 Å². The first kappa shape index (κ1) is 19.4. The first-order valence-electron chi connectivity index (χ1n) is 8.48.